The minimum atomic E-state index is -1.38. The molecule has 2 rings (SSSR count). The highest BCUT2D eigenvalue weighted by molar-refractivity contribution is 6.81. The van der Waals surface area contributed by atoms with Crippen LogP contribution >= 0.6 is 46.4 Å². The van der Waals surface area contributed by atoms with Crippen molar-refractivity contribution in [3.63, 3.8) is 0 Å². The van der Waals surface area contributed by atoms with Gasteiger partial charge in [0.2, 0.25) is 28.2 Å². The second kappa shape index (κ2) is 35.1. The standard InChI is InChI=1S/C6H6N2O2.C6H15N.2C3H3ClO2.C3H4N2.C3H4O3.C2H4Cl2O/c1-5(9)6(10)8-3-2-7-4-8;1-4-7(5-2)6-3;2*1-2(5)3(4)6;1-2-5-3-4-1;1-2(4)3(5)6;1-5-2(3)4/h2-4H,1H3;4-6H2,1-3H3;2*1H3;1-3H,(H,4,5);1H3,(H,5,6);2H,1H3/i6+1,7+1,8+1;;2*3+1;4+1,5+1;3+1;. The zero-order chi connectivity index (χ0) is 36.5. The summed E-state index contributed by atoms with van der Waals surface area (Å²) in [6.07, 6.45) is 9.26. The number of carboxylic acid groups (broad SMARTS) is 1. The smallest absolute Gasteiger partial charge is 0.371 e. The molecule has 15 nitrogen and oxygen atoms in total. The van der Waals surface area contributed by atoms with Crippen LogP contribution in [0.2, 0.25) is 0 Å². The summed E-state index contributed by atoms with van der Waals surface area (Å²) in [7, 11) is 1.44. The van der Waals surface area contributed by atoms with Crippen LogP contribution in [-0.4, -0.2) is 107 Å². The van der Waals surface area contributed by atoms with Crippen molar-refractivity contribution in [2.45, 2.75) is 53.5 Å². The Morgan fingerprint density at radius 3 is 1.29 bits per heavy atom. The number of halogens is 4. The number of methoxy groups -OCH3 is 1. The molecule has 0 aromatic carbocycles. The van der Waals surface area contributed by atoms with E-state index in [2.05, 4.69) is 68.6 Å². The molecule has 0 aliphatic carbocycles. The molecule has 2 N–H and O–H groups in total. The number of ketones is 4. The number of aromatic amines is 1. The first-order chi connectivity index (χ1) is 20.8. The molecule has 45 heavy (non-hydrogen) atoms. The van der Waals surface area contributed by atoms with Gasteiger partial charge in [0.1, 0.15) is 6.33 Å². The van der Waals surface area contributed by atoms with E-state index < -0.39 is 50.5 Å². The Morgan fingerprint density at radius 2 is 1.18 bits per heavy atom. The zero-order valence-corrected chi connectivity index (χ0v) is 29.1. The van der Waals surface area contributed by atoms with E-state index in [0.717, 1.165) is 25.3 Å². The lowest BCUT2D eigenvalue weighted by molar-refractivity contribution is -0.148. The topological polar surface area (TPSA) is 216 Å². The van der Waals surface area contributed by atoms with Gasteiger partial charge in [0.15, 0.2) is 0 Å². The summed E-state index contributed by atoms with van der Waals surface area (Å²) in [5, 5.41) is 5.16. The molecule has 0 spiro atoms. The summed E-state index contributed by atoms with van der Waals surface area (Å²) in [5.41, 5.74) is 0. The van der Waals surface area contributed by atoms with Gasteiger partial charge in [-0.3, -0.25) is 38.1 Å². The fourth-order valence-corrected chi connectivity index (χ4v) is 1.45. The van der Waals surface area contributed by atoms with Crippen molar-refractivity contribution in [1.29, 1.82) is 0 Å². The van der Waals surface area contributed by atoms with Crippen LogP contribution in [0.4, 0.5) is 0 Å². The number of H-pyrrole nitrogens is 1. The highest BCUT2D eigenvalue weighted by Crippen LogP contribution is 1.98. The van der Waals surface area contributed by atoms with Crippen LogP contribution in [0.1, 0.15) is 53.3 Å². The molecule has 0 fully saturated rings. The maximum atomic E-state index is 10.8. The van der Waals surface area contributed by atoms with Gasteiger partial charge in [-0.05, 0) is 42.8 Å². The fourth-order valence-electron chi connectivity index (χ4n) is 1.45. The SMILES string of the molecule is CC(=O)[13C](=O)Cl.CC(=O)[13C](=O)Cl.CC(=O)[13C](=O)O.CC(=O)[13C](=O)[15n]1cc[15n]c1.CCN(CC)CC.COC(Cl)Cl.c1c[15nH]c[15n]1. The molecule has 256 valence electrons. The number of Topliss-reactive ketones (excluding diaryl/α,β-unsaturated/α-hetero) is 4. The van der Waals surface area contributed by atoms with Crippen LogP contribution in [0.3, 0.4) is 0 Å². The molecule has 0 saturated heterocycles. The summed E-state index contributed by atoms with van der Waals surface area (Å²) in [4.78, 5) is 91.0. The molecule has 2 heterocycles. The number of aromatic nitrogens is 4. The molecule has 19 heteroatoms. The van der Waals surface area contributed by atoms with Crippen LogP contribution in [0.5, 0.6) is 0 Å². The quantitative estimate of drug-likeness (QED) is 0.172. The summed E-state index contributed by atoms with van der Waals surface area (Å²) < 4.78 is 5.42. The van der Waals surface area contributed by atoms with Crippen molar-refractivity contribution in [2.75, 3.05) is 26.7 Å². The van der Waals surface area contributed by atoms with Crippen LogP contribution in [0.25, 0.3) is 0 Å². The third-order valence-electron chi connectivity index (χ3n) is 3.82. The maximum absolute atomic E-state index is 10.8. The first-order valence-electron chi connectivity index (χ1n) is 12.4. The molecule has 2 aromatic rings. The molecule has 0 saturated carbocycles. The largest absolute Gasteiger partial charge is 0.476 e. The van der Waals surface area contributed by atoms with Gasteiger partial charge in [0, 0.05) is 59.6 Å². The minimum absolute atomic E-state index is 0.488. The Balaban J connectivity index is -0.000000140. The number of nitrogens with one attached hydrogen (secondary N) is 1. The van der Waals surface area contributed by atoms with Gasteiger partial charge in [0.05, 0.1) is 6.33 Å². The van der Waals surface area contributed by atoms with Crippen molar-refractivity contribution in [3.8, 4) is 0 Å². The third-order valence-corrected chi connectivity index (χ3v) is 4.71. The van der Waals surface area contributed by atoms with Crippen LogP contribution in [-0.2, 0) is 38.3 Å². The number of carboxylic acids is 1. The first kappa shape index (κ1) is 51.2. The number of nitrogens with zero attached hydrogens (tertiary/aromatic N) is 4. The van der Waals surface area contributed by atoms with E-state index in [-0.39, 0.29) is 0 Å². The van der Waals surface area contributed by atoms with Crippen LogP contribution in [0.15, 0.2) is 37.4 Å². The van der Waals surface area contributed by atoms with Crippen molar-refractivity contribution >= 4 is 91.9 Å². The van der Waals surface area contributed by atoms with Gasteiger partial charge in [-0.1, -0.05) is 44.0 Å². The summed E-state index contributed by atoms with van der Waals surface area (Å²) in [6.45, 7) is 14.6. The molecule has 0 aliphatic rings. The van der Waals surface area contributed by atoms with Gasteiger partial charge in [0.25, 0.3) is 16.4 Å². The lowest BCUT2D eigenvalue weighted by Crippen LogP contribution is -2.21. The minimum Gasteiger partial charge on any atom is -0.476 e. The number of imidazole rings is 2. The Morgan fingerprint density at radius 1 is 0.800 bits per heavy atom. The van der Waals surface area contributed by atoms with Crippen LogP contribution in [0, 0.1) is 0 Å². The molecular formula is C26H39Cl4N5O10. The average Bonchev–Trinajstić information content (AvgIpc) is 3.73. The molecule has 0 aliphatic heterocycles. The second-order valence-electron chi connectivity index (χ2n) is 7.23. The Labute approximate surface area is 281 Å². The normalized spacial score (nSPS) is 8.67. The predicted molar refractivity (Wildman–Crippen MR) is 169 cm³/mol. The van der Waals surface area contributed by atoms with Gasteiger partial charge in [-0.25, -0.2) is 14.8 Å². The molecular weight excluding hydrogens is 692 g/mol. The van der Waals surface area contributed by atoms with Crippen molar-refractivity contribution < 1.29 is 48.2 Å². The van der Waals surface area contributed by atoms with Gasteiger partial charge in [-0.2, -0.15) is 0 Å². The van der Waals surface area contributed by atoms with E-state index in [0.29, 0.717) is 0 Å². The highest BCUT2D eigenvalue weighted by Gasteiger charge is 2.07. The van der Waals surface area contributed by atoms with E-state index >= 15 is 0 Å². The number of carbonyl (C=O) groups is 8. The number of rotatable bonds is 8. The Bertz CT molecular complexity index is 994. The zero-order valence-electron chi connectivity index (χ0n) is 26.1. The van der Waals surface area contributed by atoms with Crippen LogP contribution < -0.4 is 0 Å². The lowest BCUT2D eigenvalue weighted by atomic mass is 10.5. The lowest BCUT2D eigenvalue weighted by Gasteiger charge is -2.13. The van der Waals surface area contributed by atoms with E-state index in [1.807, 2.05) is 0 Å². The van der Waals surface area contributed by atoms with Gasteiger partial charge >= 0.3 is 5.97 Å². The Kier molecular flexibility index (Phi) is 40.0. The van der Waals surface area contributed by atoms with E-state index in [9.17, 15) is 38.4 Å². The summed E-state index contributed by atoms with van der Waals surface area (Å²) in [6, 6.07) is 0. The number of hydrogen-bond acceptors (Lipinski definition) is 12. The molecule has 0 radical (unpaired) electrons. The van der Waals surface area contributed by atoms with E-state index in [1.54, 1.807) is 18.7 Å². The second-order valence-corrected chi connectivity index (χ2v) is 8.93. The Hall–Kier alpha value is -3.34. The first-order valence-corrected chi connectivity index (χ1v) is 14.0. The summed E-state index contributed by atoms with van der Waals surface area (Å²) in [5.74, 6) is -4.48. The number of ether oxygens (including phenoxy) is 1. The molecule has 0 unspecified atom stereocenters. The fraction of sp³-hybridized carbons (Fsp3) is 0.462. The number of alkyl halides is 2. The van der Waals surface area contributed by atoms with Crippen molar-refractivity contribution in [1.82, 2.24) is 24.4 Å². The third kappa shape index (κ3) is 45.2. The number of carbonyl (C=O) groups excluding carboxylic acids is 7. The molecule has 0 atom stereocenters. The van der Waals surface area contributed by atoms with E-state index in [1.165, 1.54) is 52.4 Å². The van der Waals surface area contributed by atoms with Gasteiger partial charge in [-0.15, -0.1) is 0 Å². The van der Waals surface area contributed by atoms with Crippen molar-refractivity contribution in [2.24, 2.45) is 0 Å². The highest BCUT2D eigenvalue weighted by atomic mass is 35.5. The molecule has 0 amide bonds. The number of aliphatic carboxylic acids is 1. The van der Waals surface area contributed by atoms with Gasteiger partial charge < -0.3 is 19.7 Å². The molecule has 0 bridgehead atoms. The summed E-state index contributed by atoms with van der Waals surface area (Å²) >= 11 is 19.3. The van der Waals surface area contributed by atoms with Crippen molar-refractivity contribution in [3.05, 3.63) is 37.4 Å². The monoisotopic (exact) mass is 729 g/mol. The van der Waals surface area contributed by atoms with E-state index in [4.69, 9.17) is 28.3 Å². The molecule has 2 aromatic heterocycles. The predicted octanol–water partition coefficient (Wildman–Crippen LogP) is 3.61. The number of hydrogen-bond donors (Lipinski definition) is 2. The maximum Gasteiger partial charge on any atom is 0.371 e. The average molecular weight is 731 g/mol.